The lowest BCUT2D eigenvalue weighted by molar-refractivity contribution is -0.115. The Bertz CT molecular complexity index is 457. The molecule has 4 nitrogen and oxygen atoms in total. The predicted molar refractivity (Wildman–Crippen MR) is 78.4 cm³/mol. The number of benzene rings is 1. The molecule has 1 atom stereocenters. The van der Waals surface area contributed by atoms with Crippen LogP contribution in [0.2, 0.25) is 0 Å². The van der Waals surface area contributed by atoms with E-state index in [1.54, 1.807) is 0 Å². The van der Waals surface area contributed by atoms with Gasteiger partial charge in [-0.05, 0) is 57.7 Å². The smallest absolute Gasteiger partial charge is 0.228 e. The van der Waals surface area contributed by atoms with Crippen molar-refractivity contribution in [1.29, 1.82) is 0 Å². The number of nitrogens with one attached hydrogen (secondary N) is 2. The molecule has 0 aliphatic carbocycles. The Labute approximate surface area is 115 Å². The molecule has 0 saturated heterocycles. The highest BCUT2D eigenvalue weighted by Gasteiger charge is 2.20. The number of anilines is 1. The Balaban J connectivity index is 2.14. The number of nitrogens with zero attached hydrogens (tertiary/aromatic N) is 1. The van der Waals surface area contributed by atoms with Crippen LogP contribution in [0.25, 0.3) is 0 Å². The summed E-state index contributed by atoms with van der Waals surface area (Å²) in [5.74, 6) is 0.101. The van der Waals surface area contributed by atoms with Crippen molar-refractivity contribution in [2.24, 2.45) is 0 Å². The summed E-state index contributed by atoms with van der Waals surface area (Å²) in [4.78, 5) is 13.6. The number of amides is 1. The minimum Gasteiger partial charge on any atom is -0.326 e. The van der Waals surface area contributed by atoms with Crippen LogP contribution in [0.5, 0.6) is 0 Å². The van der Waals surface area contributed by atoms with Gasteiger partial charge in [-0.25, -0.2) is 0 Å². The Hall–Kier alpha value is -1.39. The first-order chi connectivity index (χ1) is 9.11. The number of hydrogen-bond donors (Lipinski definition) is 2. The Morgan fingerprint density at radius 3 is 2.89 bits per heavy atom. The van der Waals surface area contributed by atoms with Gasteiger partial charge in [0.2, 0.25) is 5.91 Å². The molecule has 0 bridgehead atoms. The van der Waals surface area contributed by atoms with Crippen molar-refractivity contribution in [3.8, 4) is 0 Å². The molecule has 0 aromatic heterocycles. The van der Waals surface area contributed by atoms with E-state index in [9.17, 15) is 4.79 Å². The van der Waals surface area contributed by atoms with Gasteiger partial charge in [-0.2, -0.15) is 0 Å². The second kappa shape index (κ2) is 6.17. The Kier molecular flexibility index (Phi) is 4.56. The predicted octanol–water partition coefficient (Wildman–Crippen LogP) is 1.78. The summed E-state index contributed by atoms with van der Waals surface area (Å²) in [6, 6.07) is 6.75. The SMILES string of the molecule is CNCCCC(c1ccc2c(c1)CC(=O)N2)N(C)C. The number of hydrogen-bond acceptors (Lipinski definition) is 3. The van der Waals surface area contributed by atoms with E-state index in [2.05, 4.69) is 41.8 Å². The molecular weight excluding hydrogens is 238 g/mol. The molecule has 104 valence electrons. The number of fused-ring (bicyclic) bond motifs is 1. The highest BCUT2D eigenvalue weighted by atomic mass is 16.1. The van der Waals surface area contributed by atoms with Gasteiger partial charge in [0.15, 0.2) is 0 Å². The van der Waals surface area contributed by atoms with Crippen LogP contribution in [-0.4, -0.2) is 38.5 Å². The zero-order valence-electron chi connectivity index (χ0n) is 12.0. The molecule has 2 N–H and O–H groups in total. The van der Waals surface area contributed by atoms with Crippen LogP contribution in [0.3, 0.4) is 0 Å². The average molecular weight is 261 g/mol. The maximum atomic E-state index is 11.4. The van der Waals surface area contributed by atoms with Crippen LogP contribution in [0.1, 0.15) is 30.0 Å². The average Bonchev–Trinajstić information content (AvgIpc) is 2.73. The number of carbonyl (C=O) groups excluding carboxylic acids is 1. The summed E-state index contributed by atoms with van der Waals surface area (Å²) < 4.78 is 0. The molecule has 4 heteroatoms. The monoisotopic (exact) mass is 261 g/mol. The normalized spacial score (nSPS) is 15.5. The van der Waals surface area contributed by atoms with E-state index in [4.69, 9.17) is 0 Å². The molecule has 0 radical (unpaired) electrons. The van der Waals surface area contributed by atoms with Gasteiger partial charge in [0.05, 0.1) is 6.42 Å². The molecule has 1 aromatic carbocycles. The van der Waals surface area contributed by atoms with Crippen LogP contribution < -0.4 is 10.6 Å². The first-order valence-electron chi connectivity index (χ1n) is 6.85. The Morgan fingerprint density at radius 1 is 1.42 bits per heavy atom. The lowest BCUT2D eigenvalue weighted by Crippen LogP contribution is -2.21. The van der Waals surface area contributed by atoms with Crippen LogP contribution in [0.15, 0.2) is 18.2 Å². The first-order valence-corrected chi connectivity index (χ1v) is 6.85. The van der Waals surface area contributed by atoms with Gasteiger partial charge in [-0.15, -0.1) is 0 Å². The molecule has 2 rings (SSSR count). The molecule has 0 spiro atoms. The second-order valence-electron chi connectivity index (χ2n) is 5.37. The molecule has 1 aliphatic heterocycles. The van der Waals surface area contributed by atoms with Crippen molar-refractivity contribution in [2.75, 3.05) is 33.0 Å². The molecule has 19 heavy (non-hydrogen) atoms. The maximum absolute atomic E-state index is 11.4. The molecule has 0 saturated carbocycles. The van der Waals surface area contributed by atoms with E-state index in [1.807, 2.05) is 13.1 Å². The fourth-order valence-electron chi connectivity index (χ4n) is 2.65. The lowest BCUT2D eigenvalue weighted by atomic mass is 9.98. The zero-order chi connectivity index (χ0) is 13.8. The molecule has 0 fully saturated rings. The fraction of sp³-hybridized carbons (Fsp3) is 0.533. The summed E-state index contributed by atoms with van der Waals surface area (Å²) >= 11 is 0. The highest BCUT2D eigenvalue weighted by molar-refractivity contribution is 5.99. The van der Waals surface area contributed by atoms with Gasteiger partial charge >= 0.3 is 0 Å². The second-order valence-corrected chi connectivity index (χ2v) is 5.37. The van der Waals surface area contributed by atoms with Crippen molar-refractivity contribution < 1.29 is 4.79 Å². The van der Waals surface area contributed by atoms with Crippen LogP contribution in [0, 0.1) is 0 Å². The van der Waals surface area contributed by atoms with E-state index in [0.29, 0.717) is 12.5 Å². The van der Waals surface area contributed by atoms with Crippen molar-refractivity contribution in [1.82, 2.24) is 10.2 Å². The summed E-state index contributed by atoms with van der Waals surface area (Å²) in [5, 5.41) is 6.07. The molecule has 1 amide bonds. The maximum Gasteiger partial charge on any atom is 0.228 e. The third-order valence-corrected chi connectivity index (χ3v) is 3.67. The third-order valence-electron chi connectivity index (χ3n) is 3.67. The largest absolute Gasteiger partial charge is 0.326 e. The van der Waals surface area contributed by atoms with Gasteiger partial charge in [0, 0.05) is 11.7 Å². The minimum absolute atomic E-state index is 0.101. The topological polar surface area (TPSA) is 44.4 Å². The quantitative estimate of drug-likeness (QED) is 0.767. The third kappa shape index (κ3) is 3.33. The van der Waals surface area contributed by atoms with E-state index < -0.39 is 0 Å². The fourth-order valence-corrected chi connectivity index (χ4v) is 2.65. The number of rotatable bonds is 6. The lowest BCUT2D eigenvalue weighted by Gasteiger charge is -2.25. The molecule has 1 heterocycles. The van der Waals surface area contributed by atoms with E-state index in [0.717, 1.165) is 30.6 Å². The van der Waals surface area contributed by atoms with Gasteiger partial charge in [-0.3, -0.25) is 4.79 Å². The van der Waals surface area contributed by atoms with Crippen molar-refractivity contribution in [3.05, 3.63) is 29.3 Å². The van der Waals surface area contributed by atoms with Crippen LogP contribution in [-0.2, 0) is 11.2 Å². The van der Waals surface area contributed by atoms with E-state index >= 15 is 0 Å². The summed E-state index contributed by atoms with van der Waals surface area (Å²) in [6.07, 6.45) is 2.78. The van der Waals surface area contributed by atoms with Crippen molar-refractivity contribution in [2.45, 2.75) is 25.3 Å². The standard InChI is InChI=1S/C15H23N3O/c1-16-8-4-5-14(18(2)3)11-6-7-13-12(9-11)10-15(19)17-13/h6-7,9,14,16H,4-5,8,10H2,1-3H3,(H,17,19). The van der Waals surface area contributed by atoms with Crippen LogP contribution in [0.4, 0.5) is 5.69 Å². The Morgan fingerprint density at radius 2 is 2.21 bits per heavy atom. The van der Waals surface area contributed by atoms with E-state index in [1.165, 1.54) is 5.56 Å². The summed E-state index contributed by atoms with van der Waals surface area (Å²) in [7, 11) is 6.21. The zero-order valence-corrected chi connectivity index (χ0v) is 12.0. The van der Waals surface area contributed by atoms with Gasteiger partial charge in [0.25, 0.3) is 0 Å². The first kappa shape index (κ1) is 14.0. The molecule has 1 unspecified atom stereocenters. The molecule has 1 aliphatic rings. The molecule has 1 aromatic rings. The van der Waals surface area contributed by atoms with Gasteiger partial charge < -0.3 is 15.5 Å². The van der Waals surface area contributed by atoms with Crippen molar-refractivity contribution in [3.63, 3.8) is 0 Å². The van der Waals surface area contributed by atoms with E-state index in [-0.39, 0.29) is 5.91 Å². The molecular formula is C15H23N3O. The van der Waals surface area contributed by atoms with Gasteiger partial charge in [-0.1, -0.05) is 12.1 Å². The number of carbonyl (C=O) groups is 1. The highest BCUT2D eigenvalue weighted by Crippen LogP contribution is 2.30. The van der Waals surface area contributed by atoms with Crippen LogP contribution >= 0.6 is 0 Å². The van der Waals surface area contributed by atoms with Gasteiger partial charge in [0.1, 0.15) is 0 Å². The van der Waals surface area contributed by atoms with Crippen molar-refractivity contribution >= 4 is 11.6 Å². The summed E-state index contributed by atoms with van der Waals surface area (Å²) in [5.41, 5.74) is 3.40. The summed E-state index contributed by atoms with van der Waals surface area (Å²) in [6.45, 7) is 1.04. The minimum atomic E-state index is 0.101.